The van der Waals surface area contributed by atoms with Crippen LogP contribution >= 0.6 is 24.0 Å². The maximum atomic E-state index is 5.29. The van der Waals surface area contributed by atoms with Crippen LogP contribution in [0.25, 0.3) is 0 Å². The van der Waals surface area contributed by atoms with E-state index in [4.69, 9.17) is 9.72 Å². The van der Waals surface area contributed by atoms with Crippen LogP contribution in [-0.4, -0.2) is 62.8 Å². The molecule has 0 amide bonds. The zero-order valence-corrected chi connectivity index (χ0v) is 19.0. The van der Waals surface area contributed by atoms with E-state index in [0.717, 1.165) is 51.1 Å². The number of pyridine rings is 1. The van der Waals surface area contributed by atoms with Crippen molar-refractivity contribution in [2.75, 3.05) is 51.8 Å². The lowest BCUT2D eigenvalue weighted by Gasteiger charge is -2.23. The third-order valence-electron chi connectivity index (χ3n) is 5.39. The average Bonchev–Trinajstić information content (AvgIpc) is 2.96. The second-order valence-corrected chi connectivity index (χ2v) is 7.38. The van der Waals surface area contributed by atoms with Gasteiger partial charge in [-0.1, -0.05) is 18.9 Å². The fraction of sp³-hybridized carbons (Fsp3) is 0.700. The van der Waals surface area contributed by atoms with Crippen molar-refractivity contribution in [3.8, 4) is 0 Å². The van der Waals surface area contributed by atoms with Crippen LogP contribution in [-0.2, 0) is 11.3 Å². The number of nitrogens with one attached hydrogen (secondary N) is 1. The lowest BCUT2D eigenvalue weighted by molar-refractivity contribution is 0.157. The Bertz CT molecular complexity index is 572. The predicted molar refractivity (Wildman–Crippen MR) is 122 cm³/mol. The van der Waals surface area contributed by atoms with Gasteiger partial charge in [0.2, 0.25) is 0 Å². The summed E-state index contributed by atoms with van der Waals surface area (Å²) in [6.45, 7) is 5.91. The van der Waals surface area contributed by atoms with Crippen LogP contribution in [0, 0.1) is 5.92 Å². The SMILES string of the molecule is CN=C(NCc1ccc(N2CCCCCC2)nc1)N1CCC(COC)C1.I. The molecule has 1 unspecified atom stereocenters. The largest absolute Gasteiger partial charge is 0.384 e. The molecule has 2 aliphatic rings. The van der Waals surface area contributed by atoms with Gasteiger partial charge in [-0.15, -0.1) is 24.0 Å². The van der Waals surface area contributed by atoms with Gasteiger partial charge in [-0.05, 0) is 30.9 Å². The van der Waals surface area contributed by atoms with Gasteiger partial charge >= 0.3 is 0 Å². The molecule has 2 saturated heterocycles. The Morgan fingerprint density at radius 3 is 2.63 bits per heavy atom. The number of rotatable bonds is 5. The molecule has 27 heavy (non-hydrogen) atoms. The van der Waals surface area contributed by atoms with E-state index in [1.54, 1.807) is 7.11 Å². The molecule has 0 radical (unpaired) electrons. The smallest absolute Gasteiger partial charge is 0.193 e. The van der Waals surface area contributed by atoms with Crippen LogP contribution in [0.2, 0.25) is 0 Å². The van der Waals surface area contributed by atoms with Crippen molar-refractivity contribution < 1.29 is 4.74 Å². The maximum Gasteiger partial charge on any atom is 0.193 e. The molecule has 3 rings (SSSR count). The van der Waals surface area contributed by atoms with E-state index in [1.165, 1.54) is 37.7 Å². The van der Waals surface area contributed by atoms with Crippen molar-refractivity contribution in [3.63, 3.8) is 0 Å². The van der Waals surface area contributed by atoms with Gasteiger partial charge in [-0.3, -0.25) is 4.99 Å². The zero-order valence-electron chi connectivity index (χ0n) is 16.7. The number of methoxy groups -OCH3 is 1. The Labute approximate surface area is 180 Å². The van der Waals surface area contributed by atoms with E-state index in [-0.39, 0.29) is 24.0 Å². The molecule has 0 bridgehead atoms. The third-order valence-corrected chi connectivity index (χ3v) is 5.39. The van der Waals surface area contributed by atoms with E-state index in [9.17, 15) is 0 Å². The number of anilines is 1. The standard InChI is InChI=1S/C20H33N5O.HI/c1-21-20(25-12-9-18(15-25)16-26-2)23-14-17-7-8-19(22-13-17)24-10-5-3-4-6-11-24;/h7-8,13,18H,3-6,9-12,14-16H2,1-2H3,(H,21,23);1H. The number of hydrogen-bond donors (Lipinski definition) is 1. The summed E-state index contributed by atoms with van der Waals surface area (Å²) in [5.41, 5.74) is 1.19. The Hall–Kier alpha value is -1.09. The van der Waals surface area contributed by atoms with E-state index in [1.807, 2.05) is 13.2 Å². The molecule has 152 valence electrons. The highest BCUT2D eigenvalue weighted by molar-refractivity contribution is 14.0. The predicted octanol–water partition coefficient (Wildman–Crippen LogP) is 3.12. The average molecular weight is 487 g/mol. The number of halogens is 1. The molecule has 2 fully saturated rings. The van der Waals surface area contributed by atoms with E-state index < -0.39 is 0 Å². The van der Waals surface area contributed by atoms with Gasteiger partial charge in [-0.25, -0.2) is 4.98 Å². The second kappa shape index (κ2) is 11.7. The van der Waals surface area contributed by atoms with Gasteiger partial charge in [0, 0.05) is 59.0 Å². The molecule has 3 heterocycles. The fourth-order valence-electron chi connectivity index (χ4n) is 3.92. The quantitative estimate of drug-likeness (QED) is 0.393. The molecule has 0 aliphatic carbocycles. The summed E-state index contributed by atoms with van der Waals surface area (Å²) in [6, 6.07) is 4.35. The van der Waals surface area contributed by atoms with Gasteiger partial charge < -0.3 is 19.9 Å². The maximum absolute atomic E-state index is 5.29. The molecule has 1 aromatic rings. The lowest BCUT2D eigenvalue weighted by Crippen LogP contribution is -2.39. The van der Waals surface area contributed by atoms with Crippen molar-refractivity contribution in [2.45, 2.75) is 38.6 Å². The van der Waals surface area contributed by atoms with Crippen LogP contribution < -0.4 is 10.2 Å². The Morgan fingerprint density at radius 2 is 2.00 bits per heavy atom. The number of ether oxygens (including phenoxy) is 1. The first kappa shape index (κ1) is 22.2. The van der Waals surface area contributed by atoms with Crippen molar-refractivity contribution in [1.82, 2.24) is 15.2 Å². The second-order valence-electron chi connectivity index (χ2n) is 7.38. The van der Waals surface area contributed by atoms with Crippen LogP contribution in [0.4, 0.5) is 5.82 Å². The van der Waals surface area contributed by atoms with Gasteiger partial charge in [0.05, 0.1) is 6.61 Å². The van der Waals surface area contributed by atoms with Gasteiger partial charge in [-0.2, -0.15) is 0 Å². The van der Waals surface area contributed by atoms with Crippen LogP contribution in [0.3, 0.4) is 0 Å². The summed E-state index contributed by atoms with van der Waals surface area (Å²) in [4.78, 5) is 13.9. The molecule has 1 N–H and O–H groups in total. The number of aliphatic imine (C=N–C) groups is 1. The summed E-state index contributed by atoms with van der Waals surface area (Å²) in [7, 11) is 3.63. The van der Waals surface area contributed by atoms with E-state index in [2.05, 4.69) is 32.2 Å². The molecule has 1 aromatic heterocycles. The van der Waals surface area contributed by atoms with Crippen LogP contribution in [0.1, 0.15) is 37.7 Å². The van der Waals surface area contributed by atoms with Crippen molar-refractivity contribution in [1.29, 1.82) is 0 Å². The monoisotopic (exact) mass is 487 g/mol. The highest BCUT2D eigenvalue weighted by Crippen LogP contribution is 2.18. The molecule has 7 heteroatoms. The molecule has 6 nitrogen and oxygen atoms in total. The molecule has 0 aromatic carbocycles. The third kappa shape index (κ3) is 6.48. The van der Waals surface area contributed by atoms with Crippen LogP contribution in [0.15, 0.2) is 23.3 Å². The summed E-state index contributed by atoms with van der Waals surface area (Å²) in [5, 5.41) is 3.48. The van der Waals surface area contributed by atoms with E-state index in [0.29, 0.717) is 5.92 Å². The first-order chi connectivity index (χ1) is 12.8. The molecule has 0 saturated carbocycles. The summed E-state index contributed by atoms with van der Waals surface area (Å²) in [5.74, 6) is 2.69. The van der Waals surface area contributed by atoms with Crippen LogP contribution in [0.5, 0.6) is 0 Å². The zero-order chi connectivity index (χ0) is 18.2. The van der Waals surface area contributed by atoms with Crippen molar-refractivity contribution in [3.05, 3.63) is 23.9 Å². The Morgan fingerprint density at radius 1 is 1.22 bits per heavy atom. The number of nitrogens with zero attached hydrogens (tertiary/aromatic N) is 4. The topological polar surface area (TPSA) is 53.0 Å². The number of guanidine groups is 1. The van der Waals surface area contributed by atoms with Crippen molar-refractivity contribution in [2.24, 2.45) is 10.9 Å². The summed E-state index contributed by atoms with van der Waals surface area (Å²) < 4.78 is 5.29. The summed E-state index contributed by atoms with van der Waals surface area (Å²) >= 11 is 0. The lowest BCUT2D eigenvalue weighted by atomic mass is 10.1. The fourth-order valence-corrected chi connectivity index (χ4v) is 3.92. The Kier molecular flexibility index (Phi) is 9.61. The van der Waals surface area contributed by atoms with Gasteiger partial charge in [0.1, 0.15) is 5.82 Å². The molecule has 0 spiro atoms. The number of aromatic nitrogens is 1. The Balaban J connectivity index is 0.00000261. The molecular weight excluding hydrogens is 453 g/mol. The number of likely N-dealkylation sites (tertiary alicyclic amines) is 1. The minimum Gasteiger partial charge on any atom is -0.384 e. The van der Waals surface area contributed by atoms with E-state index >= 15 is 0 Å². The number of hydrogen-bond acceptors (Lipinski definition) is 4. The molecule has 2 aliphatic heterocycles. The first-order valence-electron chi connectivity index (χ1n) is 9.94. The normalized spacial score (nSPS) is 21.0. The molecular formula is C20H34IN5O. The van der Waals surface area contributed by atoms with Gasteiger partial charge in [0.15, 0.2) is 5.96 Å². The highest BCUT2D eigenvalue weighted by atomic mass is 127. The summed E-state index contributed by atoms with van der Waals surface area (Å²) in [6.07, 6.45) is 8.42. The van der Waals surface area contributed by atoms with Crippen molar-refractivity contribution >= 4 is 35.8 Å². The minimum atomic E-state index is 0. The highest BCUT2D eigenvalue weighted by Gasteiger charge is 2.24. The minimum absolute atomic E-state index is 0. The molecule has 1 atom stereocenters. The first-order valence-corrected chi connectivity index (χ1v) is 9.94. The van der Waals surface area contributed by atoms with Gasteiger partial charge in [0.25, 0.3) is 0 Å².